The Morgan fingerprint density at radius 2 is 2.15 bits per heavy atom. The van der Waals surface area contributed by atoms with Crippen LogP contribution in [0, 0.1) is 7.05 Å². The topological polar surface area (TPSA) is 4.44 Å². The van der Waals surface area contributed by atoms with Gasteiger partial charge in [-0.25, -0.2) is 0 Å². The lowest BCUT2D eigenvalue weighted by Crippen LogP contribution is -3.04. The van der Waals surface area contributed by atoms with E-state index >= 15 is 0 Å². The maximum absolute atomic E-state index is 6.13. The molecule has 0 radical (unpaired) electrons. The fourth-order valence-electron chi connectivity index (χ4n) is 2.04. The summed E-state index contributed by atoms with van der Waals surface area (Å²) < 4.78 is 0. The summed E-state index contributed by atoms with van der Waals surface area (Å²) in [5.74, 6) is 0. The second-order valence-electron chi connectivity index (χ2n) is 3.62. The average molecular weight is 196 g/mol. The highest BCUT2D eigenvalue weighted by Gasteiger charge is 2.24. The first-order valence-corrected chi connectivity index (χ1v) is 5.09. The normalized spacial score (nSPS) is 27.8. The van der Waals surface area contributed by atoms with Crippen LogP contribution in [0.3, 0.4) is 0 Å². The van der Waals surface area contributed by atoms with Crippen molar-refractivity contribution in [1.29, 1.82) is 0 Å². The molecule has 1 heterocycles. The molecule has 0 bridgehead atoms. The maximum atomic E-state index is 6.13. The molecule has 1 aliphatic heterocycles. The van der Waals surface area contributed by atoms with Gasteiger partial charge in [0.2, 0.25) is 0 Å². The molecular formula is C11H14ClN. The third-order valence-electron chi connectivity index (χ3n) is 2.76. The molecular weight excluding hydrogens is 182 g/mol. The van der Waals surface area contributed by atoms with Crippen LogP contribution in [0.1, 0.15) is 24.4 Å². The third kappa shape index (κ3) is 1.72. The Labute approximate surface area is 84.3 Å². The number of benzene rings is 1. The molecule has 0 saturated carbocycles. The van der Waals surface area contributed by atoms with Gasteiger partial charge in [-0.15, -0.1) is 0 Å². The van der Waals surface area contributed by atoms with Crippen molar-refractivity contribution >= 4 is 11.6 Å². The molecule has 1 saturated heterocycles. The molecule has 0 aromatic heterocycles. The van der Waals surface area contributed by atoms with E-state index in [4.69, 9.17) is 11.6 Å². The second-order valence-corrected chi connectivity index (χ2v) is 4.03. The van der Waals surface area contributed by atoms with Gasteiger partial charge in [-0.05, 0) is 6.07 Å². The molecule has 0 amide bonds. The number of hydrogen-bond donors (Lipinski definition) is 1. The van der Waals surface area contributed by atoms with Crippen LogP contribution in [0.4, 0.5) is 0 Å². The predicted octanol–water partition coefficient (Wildman–Crippen LogP) is 1.85. The van der Waals surface area contributed by atoms with E-state index in [1.54, 1.807) is 0 Å². The maximum Gasteiger partial charge on any atom is 0.0908 e. The van der Waals surface area contributed by atoms with Gasteiger partial charge >= 0.3 is 0 Å². The van der Waals surface area contributed by atoms with Gasteiger partial charge in [0.05, 0.1) is 12.6 Å². The molecule has 1 aromatic carbocycles. The second kappa shape index (κ2) is 3.69. The van der Waals surface area contributed by atoms with Crippen LogP contribution < -0.4 is 4.90 Å². The molecule has 1 fully saturated rings. The van der Waals surface area contributed by atoms with E-state index in [1.165, 1.54) is 23.3 Å². The van der Waals surface area contributed by atoms with Crippen LogP contribution in [0.25, 0.3) is 0 Å². The molecule has 1 N–H and O–H groups in total. The van der Waals surface area contributed by atoms with Crippen molar-refractivity contribution in [2.75, 3.05) is 6.54 Å². The molecule has 13 heavy (non-hydrogen) atoms. The van der Waals surface area contributed by atoms with Crippen molar-refractivity contribution in [3.63, 3.8) is 0 Å². The van der Waals surface area contributed by atoms with Crippen molar-refractivity contribution in [2.45, 2.75) is 18.9 Å². The summed E-state index contributed by atoms with van der Waals surface area (Å²) in [5.41, 5.74) is 1.26. The summed E-state index contributed by atoms with van der Waals surface area (Å²) in [6, 6.07) is 8.61. The summed E-state index contributed by atoms with van der Waals surface area (Å²) in [6.45, 7) is 1.16. The largest absolute Gasteiger partial charge is 0.462 e. The number of halogens is 1. The van der Waals surface area contributed by atoms with Gasteiger partial charge < -0.3 is 4.90 Å². The zero-order valence-electron chi connectivity index (χ0n) is 7.59. The van der Waals surface area contributed by atoms with Crippen LogP contribution >= 0.6 is 11.6 Å². The minimum atomic E-state index is 0.508. The van der Waals surface area contributed by atoms with E-state index in [1.807, 2.05) is 18.2 Å². The Morgan fingerprint density at radius 3 is 2.77 bits per heavy atom. The number of likely N-dealkylation sites (tertiary alicyclic amines) is 1. The van der Waals surface area contributed by atoms with E-state index in [-0.39, 0.29) is 0 Å². The van der Waals surface area contributed by atoms with Crippen molar-refractivity contribution in [3.05, 3.63) is 41.9 Å². The lowest BCUT2D eigenvalue weighted by molar-refractivity contribution is -0.872. The molecule has 2 rings (SSSR count). The van der Waals surface area contributed by atoms with E-state index in [2.05, 4.69) is 13.1 Å². The monoisotopic (exact) mass is 195 g/mol. The molecule has 1 aliphatic rings. The lowest BCUT2D eigenvalue weighted by Gasteiger charge is -2.23. The van der Waals surface area contributed by atoms with Gasteiger partial charge in [0.1, 0.15) is 0 Å². The fraction of sp³-hybridized carbons (Fsp3) is 0.364. The average Bonchev–Trinajstić information content (AvgIpc) is 2.52. The van der Waals surface area contributed by atoms with Gasteiger partial charge in [-0.1, -0.05) is 29.8 Å². The number of nitrogens with one attached hydrogen (secondary N) is 1. The molecule has 1 aromatic rings. The molecule has 0 spiro atoms. The summed E-state index contributed by atoms with van der Waals surface area (Å²) in [4.78, 5) is 1.34. The quantitative estimate of drug-likeness (QED) is 0.653. The Hall–Kier alpha value is -0.530. The highest BCUT2D eigenvalue weighted by atomic mass is 35.5. The Bertz CT molecular complexity index is 298. The SMILES string of the molecule is [CH2-][NH+]1CCCC1c1ccccc1Cl. The van der Waals surface area contributed by atoms with Gasteiger partial charge in [0.15, 0.2) is 0 Å². The highest BCUT2D eigenvalue weighted by molar-refractivity contribution is 6.31. The fourth-order valence-corrected chi connectivity index (χ4v) is 2.31. The van der Waals surface area contributed by atoms with Gasteiger partial charge in [-0.2, -0.15) is 7.05 Å². The minimum Gasteiger partial charge on any atom is -0.462 e. The standard InChI is InChI=1S/C11H14ClN/c1-13-8-4-7-11(13)9-5-2-3-6-10(9)12/h2-3,5-6,11,13H,1,4,7-8H2. The van der Waals surface area contributed by atoms with Crippen LogP contribution in [0.15, 0.2) is 24.3 Å². The predicted molar refractivity (Wildman–Crippen MR) is 54.6 cm³/mol. The van der Waals surface area contributed by atoms with E-state index in [0.717, 1.165) is 11.6 Å². The van der Waals surface area contributed by atoms with Crippen molar-refractivity contribution in [3.8, 4) is 0 Å². The van der Waals surface area contributed by atoms with E-state index < -0.39 is 0 Å². The summed E-state index contributed by atoms with van der Waals surface area (Å²) in [7, 11) is 4.09. The van der Waals surface area contributed by atoms with Gasteiger partial charge in [0.25, 0.3) is 0 Å². The van der Waals surface area contributed by atoms with Crippen molar-refractivity contribution in [2.24, 2.45) is 0 Å². The number of quaternary nitrogens is 1. The van der Waals surface area contributed by atoms with Crippen molar-refractivity contribution < 1.29 is 4.90 Å². The summed E-state index contributed by atoms with van der Waals surface area (Å²) >= 11 is 6.13. The first-order chi connectivity index (χ1) is 6.29. The van der Waals surface area contributed by atoms with Crippen LogP contribution in [-0.2, 0) is 0 Å². The molecule has 70 valence electrons. The van der Waals surface area contributed by atoms with Crippen LogP contribution in [0.2, 0.25) is 5.02 Å². The first kappa shape index (κ1) is 9.04. The molecule has 2 unspecified atom stereocenters. The Balaban J connectivity index is 2.29. The molecule has 1 nitrogen and oxygen atoms in total. The third-order valence-corrected chi connectivity index (χ3v) is 3.11. The zero-order valence-corrected chi connectivity index (χ0v) is 8.35. The minimum absolute atomic E-state index is 0.508. The molecule has 2 heteroatoms. The zero-order chi connectivity index (χ0) is 9.26. The van der Waals surface area contributed by atoms with Crippen molar-refractivity contribution in [1.82, 2.24) is 0 Å². The molecule has 0 aliphatic carbocycles. The van der Waals surface area contributed by atoms with Crippen LogP contribution in [-0.4, -0.2) is 6.54 Å². The first-order valence-electron chi connectivity index (χ1n) is 4.71. The van der Waals surface area contributed by atoms with Crippen LogP contribution in [0.5, 0.6) is 0 Å². The van der Waals surface area contributed by atoms with Gasteiger partial charge in [-0.3, -0.25) is 0 Å². The number of hydrogen-bond acceptors (Lipinski definition) is 0. The summed E-state index contributed by atoms with van der Waals surface area (Å²) in [6.07, 6.45) is 2.47. The summed E-state index contributed by atoms with van der Waals surface area (Å²) in [5, 5.41) is 0.885. The Morgan fingerprint density at radius 1 is 1.38 bits per heavy atom. The highest BCUT2D eigenvalue weighted by Crippen LogP contribution is 2.25. The van der Waals surface area contributed by atoms with E-state index in [9.17, 15) is 0 Å². The van der Waals surface area contributed by atoms with E-state index in [0.29, 0.717) is 6.04 Å². The van der Waals surface area contributed by atoms with Gasteiger partial charge in [0, 0.05) is 23.4 Å². The Kier molecular flexibility index (Phi) is 2.56. The number of rotatable bonds is 1. The smallest absolute Gasteiger partial charge is 0.0908 e. The molecule has 2 atom stereocenters. The lowest BCUT2D eigenvalue weighted by atomic mass is 10.1.